The lowest BCUT2D eigenvalue weighted by molar-refractivity contribution is 0.361. The van der Waals surface area contributed by atoms with Crippen molar-refractivity contribution in [1.82, 2.24) is 0 Å². The van der Waals surface area contributed by atoms with Gasteiger partial charge in [0, 0.05) is 6.07 Å². The maximum atomic E-state index is 12.2. The quantitative estimate of drug-likeness (QED) is 0.628. The van der Waals surface area contributed by atoms with E-state index >= 15 is 0 Å². The Hall–Kier alpha value is -0.920. The van der Waals surface area contributed by atoms with E-state index in [1.165, 1.54) is 0 Å². The van der Waals surface area contributed by atoms with Gasteiger partial charge in [0.1, 0.15) is 16.5 Å². The Morgan fingerprint density at radius 3 is 1.36 bits per heavy atom. The average Bonchev–Trinajstić information content (AvgIpc) is 1.78. The maximum Gasteiger partial charge on any atom is 0.310 e. The third-order valence-electron chi connectivity index (χ3n) is 1.28. The molecule has 0 unspecified atom stereocenters. The van der Waals surface area contributed by atoms with Crippen LogP contribution in [0.1, 0.15) is 0 Å². The Labute approximate surface area is 74.1 Å². The Bertz CT molecular complexity index is 358. The van der Waals surface area contributed by atoms with Gasteiger partial charge in [-0.15, -0.1) is 0 Å². The molecule has 0 spiro atoms. The van der Waals surface area contributed by atoms with E-state index in [9.17, 15) is 28.2 Å². The van der Waals surface area contributed by atoms with Crippen LogP contribution in [0.4, 0.5) is 28.2 Å². The lowest BCUT2D eigenvalue weighted by atomic mass is 10.3. The minimum Gasteiger partial charge on any atom is -0.207 e. The minimum absolute atomic E-state index is 0.0764. The molecule has 0 saturated heterocycles. The molecule has 0 fully saturated rings. The van der Waals surface area contributed by atoms with Gasteiger partial charge in [-0.3, -0.25) is 0 Å². The van der Waals surface area contributed by atoms with Gasteiger partial charge in [0.25, 0.3) is 0 Å². The zero-order chi connectivity index (χ0) is 11.3. The van der Waals surface area contributed by atoms with Crippen molar-refractivity contribution in [3.05, 3.63) is 29.8 Å². The Morgan fingerprint density at radius 1 is 0.714 bits per heavy atom. The van der Waals surface area contributed by atoms with E-state index in [4.69, 9.17) is 0 Å². The van der Waals surface area contributed by atoms with Crippen molar-refractivity contribution in [3.8, 4) is 0 Å². The van der Waals surface area contributed by atoms with Crippen LogP contribution in [0.2, 0.25) is 0 Å². The van der Waals surface area contributed by atoms with Crippen LogP contribution in [0, 0.1) is 11.6 Å². The van der Waals surface area contributed by atoms with Crippen molar-refractivity contribution >= 4 is 10.2 Å². The third kappa shape index (κ3) is 2.53. The van der Waals surface area contributed by atoms with Crippen molar-refractivity contribution in [2.45, 2.75) is 4.90 Å². The first kappa shape index (κ1) is 11.2. The fourth-order valence-corrected chi connectivity index (χ4v) is 1.42. The van der Waals surface area contributed by atoms with E-state index in [0.717, 1.165) is 0 Å². The molecule has 0 atom stereocenters. The molecule has 0 amide bonds. The van der Waals surface area contributed by atoms with Crippen LogP contribution in [0.15, 0.2) is 23.1 Å². The maximum absolute atomic E-state index is 12.2. The molecule has 0 nitrogen and oxygen atoms in total. The summed E-state index contributed by atoms with van der Waals surface area (Å²) < 4.78 is 84.4. The van der Waals surface area contributed by atoms with Gasteiger partial charge in [0.15, 0.2) is 0 Å². The largest absolute Gasteiger partial charge is 0.310 e. The molecule has 1 aromatic rings. The highest BCUT2D eigenvalue weighted by Crippen LogP contribution is 3.02. The van der Waals surface area contributed by atoms with E-state index in [1.54, 1.807) is 0 Å². The second kappa shape index (κ2) is 2.18. The molecule has 14 heavy (non-hydrogen) atoms. The smallest absolute Gasteiger partial charge is 0.207 e. The molecule has 0 aliphatic carbocycles. The summed E-state index contributed by atoms with van der Waals surface area (Å²) >= 11 is 0. The van der Waals surface area contributed by atoms with Crippen molar-refractivity contribution in [2.75, 3.05) is 0 Å². The Balaban J connectivity index is 3.50. The minimum atomic E-state index is -9.98. The Kier molecular flexibility index (Phi) is 1.74. The van der Waals surface area contributed by atoms with Crippen LogP contribution >= 0.6 is 10.2 Å². The monoisotopic (exact) mass is 240 g/mol. The van der Waals surface area contributed by atoms with Crippen LogP contribution in [0.5, 0.6) is 0 Å². The molecule has 0 aliphatic rings. The lowest BCUT2D eigenvalue weighted by Gasteiger charge is -2.40. The van der Waals surface area contributed by atoms with E-state index in [2.05, 4.69) is 0 Å². The van der Waals surface area contributed by atoms with Crippen LogP contribution in [0.25, 0.3) is 0 Å². The Morgan fingerprint density at radius 2 is 1.07 bits per heavy atom. The van der Waals surface area contributed by atoms with Crippen molar-refractivity contribution in [2.24, 2.45) is 0 Å². The van der Waals surface area contributed by atoms with E-state index in [-0.39, 0.29) is 6.07 Å². The SMILES string of the molecule is Fc1cc(F)cc(S(F)(F)(F)(F)F)c1. The second-order valence-corrected chi connectivity index (χ2v) is 4.98. The first-order chi connectivity index (χ1) is 5.88. The van der Waals surface area contributed by atoms with Crippen molar-refractivity contribution in [3.63, 3.8) is 0 Å². The van der Waals surface area contributed by atoms with E-state index in [0.29, 0.717) is 0 Å². The molecule has 1 rings (SSSR count). The first-order valence-electron chi connectivity index (χ1n) is 3.09. The van der Waals surface area contributed by atoms with Gasteiger partial charge >= 0.3 is 10.2 Å². The number of benzene rings is 1. The van der Waals surface area contributed by atoms with Gasteiger partial charge in [-0.1, -0.05) is 19.4 Å². The summed E-state index contributed by atoms with van der Waals surface area (Å²) in [5, 5.41) is 0. The topological polar surface area (TPSA) is 0 Å². The summed E-state index contributed by atoms with van der Waals surface area (Å²) in [6, 6.07) is -0.803. The van der Waals surface area contributed by atoms with Crippen molar-refractivity contribution in [1.29, 1.82) is 0 Å². The van der Waals surface area contributed by atoms with Gasteiger partial charge in [-0.2, -0.15) is 0 Å². The molecule has 0 heterocycles. The van der Waals surface area contributed by atoms with E-state index < -0.39 is 38.9 Å². The normalized spacial score (nSPS) is 17.4. The highest BCUT2D eigenvalue weighted by molar-refractivity contribution is 8.45. The second-order valence-electron chi connectivity index (χ2n) is 2.57. The van der Waals surface area contributed by atoms with Crippen LogP contribution < -0.4 is 0 Å². The highest BCUT2D eigenvalue weighted by atomic mass is 32.5. The predicted molar refractivity (Wildman–Crippen MR) is 37.8 cm³/mol. The highest BCUT2D eigenvalue weighted by Gasteiger charge is 2.65. The van der Waals surface area contributed by atoms with Crippen molar-refractivity contribution < 1.29 is 28.2 Å². The van der Waals surface area contributed by atoms with E-state index in [1.807, 2.05) is 0 Å². The molecule has 0 N–H and O–H groups in total. The van der Waals surface area contributed by atoms with Crippen LogP contribution in [0.3, 0.4) is 0 Å². The first-order valence-corrected chi connectivity index (χ1v) is 5.04. The summed E-state index contributed by atoms with van der Waals surface area (Å²) in [7, 11) is -9.98. The third-order valence-corrected chi connectivity index (χ3v) is 2.41. The summed E-state index contributed by atoms with van der Waals surface area (Å²) in [5.41, 5.74) is 0. The summed E-state index contributed by atoms with van der Waals surface area (Å²) in [4.78, 5) is -2.57. The fraction of sp³-hybridized carbons (Fsp3) is 0. The number of halogens is 7. The molecule has 1 aromatic carbocycles. The molecule has 0 aliphatic heterocycles. The summed E-state index contributed by atoms with van der Waals surface area (Å²) in [6.07, 6.45) is 0. The fourth-order valence-electron chi connectivity index (χ4n) is 0.751. The molecule has 8 heteroatoms. The predicted octanol–water partition coefficient (Wildman–Crippen LogP) is 4.62. The molecule has 0 radical (unpaired) electrons. The van der Waals surface area contributed by atoms with Crippen LogP contribution in [-0.2, 0) is 0 Å². The molecular weight excluding hydrogens is 237 g/mol. The van der Waals surface area contributed by atoms with Gasteiger partial charge in [0.05, 0.1) is 0 Å². The zero-order valence-corrected chi connectivity index (χ0v) is 7.10. The number of hydrogen-bond acceptors (Lipinski definition) is 0. The molecule has 0 saturated carbocycles. The number of hydrogen-bond donors (Lipinski definition) is 0. The zero-order valence-electron chi connectivity index (χ0n) is 6.29. The lowest BCUT2D eigenvalue weighted by Crippen LogP contribution is -2.06. The molecule has 0 bridgehead atoms. The average molecular weight is 240 g/mol. The molecular formula is C6H3F7S. The van der Waals surface area contributed by atoms with Crippen LogP contribution in [-0.4, -0.2) is 0 Å². The van der Waals surface area contributed by atoms with Gasteiger partial charge in [-0.05, 0) is 12.1 Å². The molecule has 0 aromatic heterocycles. The van der Waals surface area contributed by atoms with Gasteiger partial charge < -0.3 is 0 Å². The van der Waals surface area contributed by atoms with Gasteiger partial charge in [0.2, 0.25) is 0 Å². The summed E-state index contributed by atoms with van der Waals surface area (Å²) in [6.45, 7) is 0. The number of rotatable bonds is 1. The standard InChI is InChI=1S/C6H3F7S/c7-4-1-5(8)3-6(2-4)14(9,10,11,12)13/h1-3H. The molecule has 82 valence electrons. The van der Waals surface area contributed by atoms with Gasteiger partial charge in [-0.25, -0.2) is 8.78 Å². The summed E-state index contributed by atoms with van der Waals surface area (Å²) in [5.74, 6) is -3.40.